The number of anilines is 1. The van der Waals surface area contributed by atoms with Crippen LogP contribution in [0.25, 0.3) is 11.4 Å². The molecule has 1 amide bonds. The molecule has 0 bridgehead atoms. The average molecular weight is 287 g/mol. The first-order valence-electron chi connectivity index (χ1n) is 6.44. The molecule has 110 valence electrons. The monoisotopic (exact) mass is 287 g/mol. The van der Waals surface area contributed by atoms with E-state index >= 15 is 0 Å². The van der Waals surface area contributed by atoms with Crippen LogP contribution >= 0.6 is 0 Å². The van der Waals surface area contributed by atoms with Crippen LogP contribution in [0.2, 0.25) is 0 Å². The molecular formula is C14H17N5O2. The van der Waals surface area contributed by atoms with Gasteiger partial charge >= 0.3 is 6.09 Å². The van der Waals surface area contributed by atoms with Gasteiger partial charge in [0.25, 0.3) is 0 Å². The molecule has 2 aromatic rings. The Kier molecular flexibility index (Phi) is 4.11. The van der Waals surface area contributed by atoms with Crippen LogP contribution in [-0.4, -0.2) is 31.6 Å². The van der Waals surface area contributed by atoms with Crippen molar-refractivity contribution >= 4 is 11.8 Å². The van der Waals surface area contributed by atoms with Gasteiger partial charge in [0.05, 0.1) is 23.1 Å². The fourth-order valence-electron chi connectivity index (χ4n) is 1.56. The summed E-state index contributed by atoms with van der Waals surface area (Å²) in [6.07, 6.45) is 5.69. The van der Waals surface area contributed by atoms with Crippen LogP contribution in [0.4, 0.5) is 10.5 Å². The first kappa shape index (κ1) is 14.8. The van der Waals surface area contributed by atoms with Crippen molar-refractivity contribution in [1.82, 2.24) is 19.9 Å². The van der Waals surface area contributed by atoms with Gasteiger partial charge in [0.15, 0.2) is 5.82 Å². The lowest BCUT2D eigenvalue weighted by molar-refractivity contribution is 0.0635. The van der Waals surface area contributed by atoms with Crippen molar-refractivity contribution in [2.75, 3.05) is 5.32 Å². The van der Waals surface area contributed by atoms with Gasteiger partial charge in [0.2, 0.25) is 0 Å². The predicted molar refractivity (Wildman–Crippen MR) is 77.7 cm³/mol. The molecule has 0 aromatic carbocycles. The van der Waals surface area contributed by atoms with Crippen LogP contribution in [0.5, 0.6) is 0 Å². The summed E-state index contributed by atoms with van der Waals surface area (Å²) in [5.41, 5.74) is 1.30. The number of hydrogen-bond donors (Lipinski definition) is 1. The topological polar surface area (TPSA) is 89.9 Å². The first-order chi connectivity index (χ1) is 9.85. The summed E-state index contributed by atoms with van der Waals surface area (Å²) in [5, 5.41) is 2.63. The molecule has 2 heterocycles. The molecular weight excluding hydrogens is 270 g/mol. The van der Waals surface area contributed by atoms with Gasteiger partial charge in [0.1, 0.15) is 11.9 Å². The normalized spacial score (nSPS) is 11.0. The van der Waals surface area contributed by atoms with Crippen LogP contribution in [0, 0.1) is 6.92 Å². The maximum Gasteiger partial charge on any atom is 0.412 e. The number of rotatable bonds is 2. The molecule has 0 spiro atoms. The molecule has 0 aliphatic carbocycles. The number of hydrogen-bond acceptors (Lipinski definition) is 6. The fourth-order valence-corrected chi connectivity index (χ4v) is 1.56. The minimum Gasteiger partial charge on any atom is -0.444 e. The number of ether oxygens (including phenoxy) is 1. The minimum absolute atomic E-state index is 0.503. The van der Waals surface area contributed by atoms with E-state index in [2.05, 4.69) is 25.3 Å². The van der Waals surface area contributed by atoms with Crippen molar-refractivity contribution in [1.29, 1.82) is 0 Å². The summed E-state index contributed by atoms with van der Waals surface area (Å²) in [6.45, 7) is 7.18. The Bertz CT molecular complexity index is 638. The minimum atomic E-state index is -0.555. The van der Waals surface area contributed by atoms with Crippen LogP contribution in [0.15, 0.2) is 24.9 Å². The number of nitrogens with zero attached hydrogens (tertiary/aromatic N) is 4. The first-order valence-corrected chi connectivity index (χ1v) is 6.44. The number of amides is 1. The third kappa shape index (κ3) is 4.20. The smallest absolute Gasteiger partial charge is 0.412 e. The summed E-state index contributed by atoms with van der Waals surface area (Å²) in [4.78, 5) is 28.1. The molecule has 7 nitrogen and oxygen atoms in total. The third-order valence-electron chi connectivity index (χ3n) is 2.43. The van der Waals surface area contributed by atoms with E-state index < -0.39 is 11.7 Å². The van der Waals surface area contributed by atoms with Crippen molar-refractivity contribution in [2.45, 2.75) is 33.3 Å². The molecule has 0 atom stereocenters. The Morgan fingerprint density at radius 2 is 1.86 bits per heavy atom. The number of carbonyl (C=O) groups is 1. The third-order valence-corrected chi connectivity index (χ3v) is 2.43. The maximum atomic E-state index is 11.7. The molecule has 2 aromatic heterocycles. The SMILES string of the molecule is Cc1nc(-c2cncnc2)ncc1NC(=O)OC(C)(C)C. The zero-order valence-electron chi connectivity index (χ0n) is 12.4. The Morgan fingerprint density at radius 1 is 1.19 bits per heavy atom. The Labute approximate surface area is 122 Å². The second-order valence-electron chi connectivity index (χ2n) is 5.45. The lowest BCUT2D eigenvalue weighted by atomic mass is 10.2. The summed E-state index contributed by atoms with van der Waals surface area (Å²) in [5.74, 6) is 0.503. The molecule has 0 radical (unpaired) electrons. The van der Waals surface area contributed by atoms with Crippen LogP contribution in [-0.2, 0) is 4.74 Å². The zero-order chi connectivity index (χ0) is 15.5. The standard InChI is InChI=1S/C14H17N5O2/c1-9-11(19-13(20)21-14(2,3)4)7-17-12(18-9)10-5-15-8-16-6-10/h5-8H,1-4H3,(H,19,20). The van der Waals surface area contributed by atoms with Crippen molar-refractivity contribution in [3.05, 3.63) is 30.6 Å². The second-order valence-corrected chi connectivity index (χ2v) is 5.45. The van der Waals surface area contributed by atoms with Gasteiger partial charge in [-0.2, -0.15) is 0 Å². The summed E-state index contributed by atoms with van der Waals surface area (Å²) in [6, 6.07) is 0. The van der Waals surface area contributed by atoms with E-state index in [1.165, 1.54) is 12.5 Å². The Hall–Kier alpha value is -2.57. The molecule has 7 heteroatoms. The molecule has 21 heavy (non-hydrogen) atoms. The van der Waals surface area contributed by atoms with Crippen molar-refractivity contribution in [2.24, 2.45) is 0 Å². The highest BCUT2D eigenvalue weighted by molar-refractivity contribution is 5.85. The molecule has 0 saturated carbocycles. The summed E-state index contributed by atoms with van der Waals surface area (Å²) < 4.78 is 5.19. The number of carbonyl (C=O) groups excluding carboxylic acids is 1. The lowest BCUT2D eigenvalue weighted by Gasteiger charge is -2.20. The van der Waals surface area contributed by atoms with Crippen LogP contribution in [0.3, 0.4) is 0 Å². The van der Waals surface area contributed by atoms with E-state index in [0.717, 1.165) is 0 Å². The predicted octanol–water partition coefficient (Wildman–Crippen LogP) is 2.59. The highest BCUT2D eigenvalue weighted by Gasteiger charge is 2.17. The fraction of sp³-hybridized carbons (Fsp3) is 0.357. The number of nitrogens with one attached hydrogen (secondary N) is 1. The highest BCUT2D eigenvalue weighted by Crippen LogP contribution is 2.18. The molecule has 0 aliphatic heterocycles. The van der Waals surface area contributed by atoms with E-state index in [1.54, 1.807) is 40.1 Å². The quantitative estimate of drug-likeness (QED) is 0.913. The van der Waals surface area contributed by atoms with E-state index in [4.69, 9.17) is 4.74 Å². The van der Waals surface area contributed by atoms with E-state index in [1.807, 2.05) is 0 Å². The number of aromatic nitrogens is 4. The molecule has 2 rings (SSSR count). The van der Waals surface area contributed by atoms with Crippen LogP contribution in [0.1, 0.15) is 26.5 Å². The van der Waals surface area contributed by atoms with Crippen molar-refractivity contribution in [3.8, 4) is 11.4 Å². The van der Waals surface area contributed by atoms with Gasteiger partial charge in [-0.05, 0) is 27.7 Å². The van der Waals surface area contributed by atoms with E-state index in [0.29, 0.717) is 22.8 Å². The van der Waals surface area contributed by atoms with Gasteiger partial charge < -0.3 is 4.74 Å². The molecule has 1 N–H and O–H groups in total. The van der Waals surface area contributed by atoms with Gasteiger partial charge in [-0.3, -0.25) is 5.32 Å². The van der Waals surface area contributed by atoms with E-state index in [-0.39, 0.29) is 0 Å². The molecule has 0 saturated heterocycles. The largest absolute Gasteiger partial charge is 0.444 e. The maximum absolute atomic E-state index is 11.7. The number of aryl methyl sites for hydroxylation is 1. The molecule has 0 fully saturated rings. The summed E-state index contributed by atoms with van der Waals surface area (Å²) >= 11 is 0. The van der Waals surface area contributed by atoms with Crippen molar-refractivity contribution in [3.63, 3.8) is 0 Å². The van der Waals surface area contributed by atoms with Gasteiger partial charge in [0, 0.05) is 12.4 Å². The highest BCUT2D eigenvalue weighted by atomic mass is 16.6. The van der Waals surface area contributed by atoms with Gasteiger partial charge in [-0.15, -0.1) is 0 Å². The Balaban J connectivity index is 2.15. The van der Waals surface area contributed by atoms with Crippen LogP contribution < -0.4 is 5.32 Å². The summed E-state index contributed by atoms with van der Waals surface area (Å²) in [7, 11) is 0. The van der Waals surface area contributed by atoms with Gasteiger partial charge in [-0.25, -0.2) is 24.7 Å². The van der Waals surface area contributed by atoms with Crippen molar-refractivity contribution < 1.29 is 9.53 Å². The second kappa shape index (κ2) is 5.82. The molecule has 0 unspecified atom stereocenters. The molecule has 0 aliphatic rings. The van der Waals surface area contributed by atoms with E-state index in [9.17, 15) is 4.79 Å². The zero-order valence-corrected chi connectivity index (χ0v) is 12.4. The average Bonchev–Trinajstić information content (AvgIpc) is 2.40. The van der Waals surface area contributed by atoms with Gasteiger partial charge in [-0.1, -0.05) is 0 Å². The lowest BCUT2D eigenvalue weighted by Crippen LogP contribution is -2.27. The Morgan fingerprint density at radius 3 is 2.43 bits per heavy atom.